The van der Waals surface area contributed by atoms with E-state index in [4.69, 9.17) is 0 Å². The van der Waals surface area contributed by atoms with Crippen molar-refractivity contribution in [3.8, 4) is 50.2 Å². The first kappa shape index (κ1) is 35.2. The number of benzene rings is 10. The molecule has 0 aliphatic rings. The molecule has 0 fully saturated rings. The Labute approximate surface area is 350 Å². The zero-order valence-corrected chi connectivity index (χ0v) is 33.0. The van der Waals surface area contributed by atoms with Gasteiger partial charge in [0, 0.05) is 33.5 Å². The second-order valence-corrected chi connectivity index (χ2v) is 15.4. The van der Waals surface area contributed by atoms with Gasteiger partial charge >= 0.3 is 0 Å². The van der Waals surface area contributed by atoms with Crippen molar-refractivity contribution in [2.75, 3.05) is 4.90 Å². The first-order chi connectivity index (χ1) is 29.7. The molecule has 0 unspecified atom stereocenters. The molecular weight excluding hydrogens is 725 g/mol. The lowest BCUT2D eigenvalue weighted by Gasteiger charge is -2.26. The summed E-state index contributed by atoms with van der Waals surface area (Å²) in [4.78, 5) is 2.37. The van der Waals surface area contributed by atoms with E-state index in [0.29, 0.717) is 0 Å². The molecule has 2 heteroatoms. The third-order valence-electron chi connectivity index (χ3n) is 11.7. The zero-order valence-electron chi connectivity index (χ0n) is 33.0. The molecule has 1 heterocycles. The van der Waals surface area contributed by atoms with Gasteiger partial charge in [-0.25, -0.2) is 0 Å². The van der Waals surface area contributed by atoms with E-state index in [1.54, 1.807) is 0 Å². The number of hydrogen-bond donors (Lipinski definition) is 0. The van der Waals surface area contributed by atoms with E-state index in [1.165, 1.54) is 71.5 Å². The molecule has 0 radical (unpaired) electrons. The molecule has 0 saturated carbocycles. The quantitative estimate of drug-likeness (QED) is 0.150. The highest BCUT2D eigenvalue weighted by molar-refractivity contribution is 6.10. The van der Waals surface area contributed by atoms with Gasteiger partial charge in [0.2, 0.25) is 0 Å². The van der Waals surface area contributed by atoms with Crippen LogP contribution in [0.2, 0.25) is 0 Å². The molecule has 0 bridgehead atoms. The summed E-state index contributed by atoms with van der Waals surface area (Å²) >= 11 is 0. The average molecular weight is 765 g/mol. The molecule has 0 aliphatic carbocycles. The maximum absolute atomic E-state index is 2.43. The smallest absolute Gasteiger partial charge is 0.0541 e. The molecule has 0 atom stereocenters. The number of nitrogens with zero attached hydrogens (tertiary/aromatic N) is 2. The molecule has 60 heavy (non-hydrogen) atoms. The lowest BCUT2D eigenvalue weighted by atomic mass is 9.98. The van der Waals surface area contributed by atoms with Gasteiger partial charge < -0.3 is 9.47 Å². The highest BCUT2D eigenvalue weighted by atomic mass is 15.1. The van der Waals surface area contributed by atoms with E-state index in [9.17, 15) is 0 Å². The van der Waals surface area contributed by atoms with E-state index in [1.807, 2.05) is 0 Å². The summed E-state index contributed by atoms with van der Waals surface area (Å²) in [7, 11) is 0. The van der Waals surface area contributed by atoms with Crippen LogP contribution in [0, 0.1) is 0 Å². The number of fused-ring (bicyclic) bond motifs is 4. The molecule has 282 valence electrons. The Bertz CT molecular complexity index is 3230. The van der Waals surface area contributed by atoms with Crippen LogP contribution in [0.25, 0.3) is 82.8 Å². The summed E-state index contributed by atoms with van der Waals surface area (Å²) in [6, 6.07) is 88.0. The van der Waals surface area contributed by atoms with E-state index >= 15 is 0 Å². The number of rotatable bonds is 8. The molecular formula is C58H40N2. The van der Waals surface area contributed by atoms with Crippen molar-refractivity contribution in [2.45, 2.75) is 0 Å². The number of aromatic nitrogens is 1. The Morgan fingerprint density at radius 1 is 0.250 bits per heavy atom. The lowest BCUT2D eigenvalue weighted by molar-refractivity contribution is 1.18. The Balaban J connectivity index is 1.04. The molecule has 0 N–H and O–H groups in total. The van der Waals surface area contributed by atoms with Gasteiger partial charge in [0.25, 0.3) is 0 Å². The van der Waals surface area contributed by atoms with Crippen molar-refractivity contribution in [2.24, 2.45) is 0 Å². The van der Waals surface area contributed by atoms with E-state index in [0.717, 1.165) is 28.3 Å². The van der Waals surface area contributed by atoms with Crippen LogP contribution >= 0.6 is 0 Å². The van der Waals surface area contributed by atoms with E-state index in [2.05, 4.69) is 252 Å². The van der Waals surface area contributed by atoms with Crippen LogP contribution in [0.15, 0.2) is 243 Å². The van der Waals surface area contributed by atoms with Gasteiger partial charge in [-0.1, -0.05) is 170 Å². The third-order valence-corrected chi connectivity index (χ3v) is 11.7. The molecule has 11 aromatic rings. The van der Waals surface area contributed by atoms with Crippen LogP contribution in [-0.4, -0.2) is 4.57 Å². The first-order valence-electron chi connectivity index (χ1n) is 20.6. The van der Waals surface area contributed by atoms with Crippen LogP contribution in [0.5, 0.6) is 0 Å². The molecule has 2 nitrogen and oxygen atoms in total. The highest BCUT2D eigenvalue weighted by Crippen LogP contribution is 2.41. The second kappa shape index (κ2) is 15.1. The minimum atomic E-state index is 1.10. The van der Waals surface area contributed by atoms with E-state index < -0.39 is 0 Å². The van der Waals surface area contributed by atoms with Crippen LogP contribution in [0.4, 0.5) is 17.1 Å². The van der Waals surface area contributed by atoms with Crippen molar-refractivity contribution in [3.05, 3.63) is 243 Å². The summed E-state index contributed by atoms with van der Waals surface area (Å²) in [5.41, 5.74) is 16.3. The fourth-order valence-electron chi connectivity index (χ4n) is 8.79. The Morgan fingerprint density at radius 3 is 1.45 bits per heavy atom. The highest BCUT2D eigenvalue weighted by Gasteiger charge is 2.18. The van der Waals surface area contributed by atoms with Crippen LogP contribution in [-0.2, 0) is 0 Å². The Kier molecular flexibility index (Phi) is 8.87. The van der Waals surface area contributed by atoms with Crippen LogP contribution in [0.1, 0.15) is 0 Å². The van der Waals surface area contributed by atoms with Gasteiger partial charge in [-0.3, -0.25) is 0 Å². The van der Waals surface area contributed by atoms with Crippen molar-refractivity contribution >= 4 is 49.6 Å². The molecule has 10 aromatic carbocycles. The average Bonchev–Trinajstić information content (AvgIpc) is 3.66. The molecule has 0 aliphatic heterocycles. The SMILES string of the molecule is c1ccc(-c2ccc(N(c3cccc(-c4ccc5c(c4)c4ccccc4n5-c4cc(-c5ccccc5)cc(-c5ccccc5)c4)c3)c3ccc4ccccc4c3)cc2)cc1. The fraction of sp³-hybridized carbons (Fsp3) is 0. The minimum absolute atomic E-state index is 1.10. The maximum Gasteiger partial charge on any atom is 0.0541 e. The summed E-state index contributed by atoms with van der Waals surface area (Å²) in [6.07, 6.45) is 0. The predicted octanol–water partition coefficient (Wildman–Crippen LogP) is 16.1. The Hall–Kier alpha value is -7.94. The summed E-state index contributed by atoms with van der Waals surface area (Å²) in [6.45, 7) is 0. The van der Waals surface area contributed by atoms with Gasteiger partial charge in [0.15, 0.2) is 0 Å². The number of para-hydroxylation sites is 1. The summed E-state index contributed by atoms with van der Waals surface area (Å²) in [5, 5.41) is 4.89. The summed E-state index contributed by atoms with van der Waals surface area (Å²) in [5.74, 6) is 0. The maximum atomic E-state index is 2.43. The lowest BCUT2D eigenvalue weighted by Crippen LogP contribution is -2.10. The third kappa shape index (κ3) is 6.51. The fourth-order valence-corrected chi connectivity index (χ4v) is 8.79. The summed E-state index contributed by atoms with van der Waals surface area (Å²) < 4.78 is 2.43. The molecule has 11 rings (SSSR count). The predicted molar refractivity (Wildman–Crippen MR) is 255 cm³/mol. The number of hydrogen-bond acceptors (Lipinski definition) is 1. The monoisotopic (exact) mass is 764 g/mol. The number of anilines is 3. The van der Waals surface area contributed by atoms with Gasteiger partial charge in [-0.15, -0.1) is 0 Å². The molecule has 1 aromatic heterocycles. The van der Waals surface area contributed by atoms with Gasteiger partial charge in [0.1, 0.15) is 0 Å². The van der Waals surface area contributed by atoms with Crippen LogP contribution < -0.4 is 4.90 Å². The standard InChI is InChI=1S/C58H40N2/c1-4-15-41(16-5-1)45-27-31-51(32-28-45)59(53-33-29-44-21-10-11-22-46(44)36-53)52-24-14-23-47(37-52)48-30-34-58-56(40-48)55-25-12-13-26-57(55)60(58)54-38-49(42-17-6-2-7-18-42)35-50(39-54)43-19-8-3-9-20-43/h1-40H. The normalized spacial score (nSPS) is 11.3. The van der Waals surface area contributed by atoms with Crippen LogP contribution in [0.3, 0.4) is 0 Å². The largest absolute Gasteiger partial charge is 0.310 e. The molecule has 0 saturated heterocycles. The van der Waals surface area contributed by atoms with Crippen molar-refractivity contribution in [1.82, 2.24) is 4.57 Å². The van der Waals surface area contributed by atoms with Gasteiger partial charge in [-0.05, 0) is 128 Å². The van der Waals surface area contributed by atoms with Crippen molar-refractivity contribution in [1.29, 1.82) is 0 Å². The molecule has 0 amide bonds. The van der Waals surface area contributed by atoms with Crippen molar-refractivity contribution in [3.63, 3.8) is 0 Å². The first-order valence-corrected chi connectivity index (χ1v) is 20.6. The Morgan fingerprint density at radius 2 is 0.750 bits per heavy atom. The molecule has 0 spiro atoms. The second-order valence-electron chi connectivity index (χ2n) is 15.4. The van der Waals surface area contributed by atoms with E-state index in [-0.39, 0.29) is 0 Å². The van der Waals surface area contributed by atoms with Gasteiger partial charge in [-0.2, -0.15) is 0 Å². The van der Waals surface area contributed by atoms with Gasteiger partial charge in [0.05, 0.1) is 11.0 Å². The minimum Gasteiger partial charge on any atom is -0.310 e. The van der Waals surface area contributed by atoms with Crippen molar-refractivity contribution < 1.29 is 0 Å². The zero-order chi connectivity index (χ0) is 39.8. The topological polar surface area (TPSA) is 8.17 Å².